The summed E-state index contributed by atoms with van der Waals surface area (Å²) in [5.74, 6) is -0.360. The SMILES string of the molecule is C/C=C(/C)C(=O)OC1C(O[C@@H]2O[C@@H](C)[C@H](O)[C@@H](O)[C@H]2O)C[C@]2(C)[C@@H](CC/C(C)=C/COC(C)=O)C(C)=CC[C@H]2C1(C)C. The van der Waals surface area contributed by atoms with Crippen molar-refractivity contribution in [2.45, 2.75) is 131 Å². The average Bonchev–Trinajstić information content (AvgIpc) is 2.91. The number of rotatable bonds is 9. The first-order valence-corrected chi connectivity index (χ1v) is 15.2. The fourth-order valence-electron chi connectivity index (χ4n) is 7.44. The third-order valence-electron chi connectivity index (χ3n) is 10.1. The van der Waals surface area contributed by atoms with Gasteiger partial charge < -0.3 is 34.3 Å². The highest BCUT2D eigenvalue weighted by molar-refractivity contribution is 5.87. The fourth-order valence-corrected chi connectivity index (χ4v) is 7.44. The molecule has 0 aromatic carbocycles. The Hall–Kier alpha value is -2.04. The maximum absolute atomic E-state index is 13.1. The molecule has 238 valence electrons. The van der Waals surface area contributed by atoms with E-state index in [0.29, 0.717) is 12.0 Å². The highest BCUT2D eigenvalue weighted by Gasteiger charge is 2.61. The van der Waals surface area contributed by atoms with Gasteiger partial charge in [0.1, 0.15) is 31.0 Å². The second-order valence-corrected chi connectivity index (χ2v) is 13.4. The maximum atomic E-state index is 13.1. The number of hydrogen-bond acceptors (Lipinski definition) is 9. The first-order valence-electron chi connectivity index (χ1n) is 15.2. The van der Waals surface area contributed by atoms with Crippen LogP contribution in [0.15, 0.2) is 34.9 Å². The topological polar surface area (TPSA) is 132 Å². The van der Waals surface area contributed by atoms with E-state index in [1.54, 1.807) is 26.8 Å². The third kappa shape index (κ3) is 7.18. The molecule has 1 saturated carbocycles. The van der Waals surface area contributed by atoms with E-state index in [-0.39, 0.29) is 29.8 Å². The molecule has 3 rings (SSSR count). The standard InChI is InChI=1S/C33H52O9/c1-10-19(3)30(38)42-29-24(41-31-28(37)27(36)26(35)21(5)40-31)17-33(9)23(13-11-18(2)15-16-39-22(6)34)20(4)12-14-25(33)32(29,7)8/h10,12,15,21,23-29,31,35-37H,11,13-14,16-17H2,1-9H3/b18-15+,19-10-/t21-,23-,24?,25-,26-,27+,28+,29?,31-,33+/m0/s1. The minimum Gasteiger partial charge on any atom is -0.462 e. The summed E-state index contributed by atoms with van der Waals surface area (Å²) in [6.45, 7) is 17.5. The van der Waals surface area contributed by atoms with Crippen molar-refractivity contribution in [1.82, 2.24) is 0 Å². The molecule has 10 atom stereocenters. The van der Waals surface area contributed by atoms with Gasteiger partial charge in [-0.25, -0.2) is 4.79 Å². The van der Waals surface area contributed by atoms with Gasteiger partial charge in [0.2, 0.25) is 0 Å². The summed E-state index contributed by atoms with van der Waals surface area (Å²) in [5.41, 5.74) is 2.18. The van der Waals surface area contributed by atoms with Gasteiger partial charge in [-0.3, -0.25) is 4.79 Å². The number of aliphatic hydroxyl groups is 3. The molecule has 9 nitrogen and oxygen atoms in total. The molecular formula is C33H52O9. The molecule has 0 radical (unpaired) electrons. The van der Waals surface area contributed by atoms with Crippen LogP contribution in [0.25, 0.3) is 0 Å². The van der Waals surface area contributed by atoms with E-state index in [0.717, 1.165) is 24.8 Å². The third-order valence-corrected chi connectivity index (χ3v) is 10.1. The van der Waals surface area contributed by atoms with Crippen molar-refractivity contribution < 1.29 is 43.9 Å². The van der Waals surface area contributed by atoms with Gasteiger partial charge in [-0.1, -0.05) is 44.1 Å². The van der Waals surface area contributed by atoms with E-state index in [4.69, 9.17) is 18.9 Å². The summed E-state index contributed by atoms with van der Waals surface area (Å²) < 4.78 is 23.6. The molecule has 42 heavy (non-hydrogen) atoms. The number of ether oxygens (including phenoxy) is 4. The predicted octanol–water partition coefficient (Wildman–Crippen LogP) is 4.39. The van der Waals surface area contributed by atoms with Crippen molar-refractivity contribution in [3.05, 3.63) is 34.9 Å². The van der Waals surface area contributed by atoms with Crippen molar-refractivity contribution in [3.63, 3.8) is 0 Å². The van der Waals surface area contributed by atoms with Crippen molar-refractivity contribution in [1.29, 1.82) is 0 Å². The van der Waals surface area contributed by atoms with Crippen LogP contribution in [0, 0.1) is 22.7 Å². The zero-order valence-electron chi connectivity index (χ0n) is 26.8. The normalized spacial score (nSPS) is 38.8. The quantitative estimate of drug-likeness (QED) is 0.203. The Morgan fingerprint density at radius 3 is 2.38 bits per heavy atom. The summed E-state index contributed by atoms with van der Waals surface area (Å²) in [4.78, 5) is 24.3. The van der Waals surface area contributed by atoms with E-state index in [1.165, 1.54) is 12.5 Å². The summed E-state index contributed by atoms with van der Waals surface area (Å²) in [6, 6.07) is 0. The minimum absolute atomic E-state index is 0.163. The van der Waals surface area contributed by atoms with Crippen LogP contribution in [0.5, 0.6) is 0 Å². The van der Waals surface area contributed by atoms with Crippen LogP contribution >= 0.6 is 0 Å². The summed E-state index contributed by atoms with van der Waals surface area (Å²) >= 11 is 0. The number of carbonyl (C=O) groups excluding carboxylic acids is 2. The van der Waals surface area contributed by atoms with Gasteiger partial charge in [-0.05, 0) is 83.6 Å². The zero-order valence-corrected chi connectivity index (χ0v) is 26.8. The number of allylic oxidation sites excluding steroid dienone is 4. The van der Waals surface area contributed by atoms with Gasteiger partial charge in [-0.15, -0.1) is 0 Å². The van der Waals surface area contributed by atoms with Gasteiger partial charge in [0.15, 0.2) is 6.29 Å². The van der Waals surface area contributed by atoms with E-state index < -0.39 is 54.3 Å². The Bertz CT molecular complexity index is 1080. The zero-order chi connectivity index (χ0) is 31.6. The van der Waals surface area contributed by atoms with Gasteiger partial charge in [0.25, 0.3) is 0 Å². The van der Waals surface area contributed by atoms with Crippen molar-refractivity contribution in [3.8, 4) is 0 Å². The van der Waals surface area contributed by atoms with Crippen LogP contribution in [0.2, 0.25) is 0 Å². The molecule has 0 amide bonds. The van der Waals surface area contributed by atoms with Gasteiger partial charge in [-0.2, -0.15) is 0 Å². The predicted molar refractivity (Wildman–Crippen MR) is 158 cm³/mol. The molecule has 2 aliphatic carbocycles. The molecule has 3 aliphatic rings. The Morgan fingerprint density at radius 2 is 1.76 bits per heavy atom. The Morgan fingerprint density at radius 1 is 1.10 bits per heavy atom. The van der Waals surface area contributed by atoms with Gasteiger partial charge in [0, 0.05) is 17.9 Å². The lowest BCUT2D eigenvalue weighted by atomic mass is 9.46. The molecular weight excluding hydrogens is 540 g/mol. The molecule has 3 N–H and O–H groups in total. The maximum Gasteiger partial charge on any atom is 0.333 e. The lowest BCUT2D eigenvalue weighted by molar-refractivity contribution is -0.325. The number of aliphatic hydroxyl groups excluding tert-OH is 3. The van der Waals surface area contributed by atoms with Crippen LogP contribution in [-0.4, -0.2) is 76.8 Å². The molecule has 2 unspecified atom stereocenters. The molecule has 1 saturated heterocycles. The number of hydrogen-bond donors (Lipinski definition) is 3. The Balaban J connectivity index is 1.96. The molecule has 0 aromatic heterocycles. The van der Waals surface area contributed by atoms with Crippen LogP contribution in [-0.2, 0) is 28.5 Å². The lowest BCUT2D eigenvalue weighted by Crippen LogP contribution is -2.64. The summed E-state index contributed by atoms with van der Waals surface area (Å²) in [6.07, 6.45) is 1.67. The van der Waals surface area contributed by atoms with Gasteiger partial charge in [0.05, 0.1) is 12.2 Å². The fraction of sp³-hybridized carbons (Fsp3) is 0.758. The largest absolute Gasteiger partial charge is 0.462 e. The smallest absolute Gasteiger partial charge is 0.333 e. The number of esters is 2. The summed E-state index contributed by atoms with van der Waals surface area (Å²) in [5, 5.41) is 31.5. The molecule has 2 fully saturated rings. The molecule has 9 heteroatoms. The molecule has 0 aromatic rings. The van der Waals surface area contributed by atoms with Gasteiger partial charge >= 0.3 is 11.9 Å². The average molecular weight is 593 g/mol. The summed E-state index contributed by atoms with van der Waals surface area (Å²) in [7, 11) is 0. The van der Waals surface area contributed by atoms with Crippen LogP contribution < -0.4 is 0 Å². The molecule has 1 aliphatic heterocycles. The van der Waals surface area contributed by atoms with Crippen LogP contribution in [0.4, 0.5) is 0 Å². The van der Waals surface area contributed by atoms with E-state index >= 15 is 0 Å². The Labute approximate surface area is 250 Å². The van der Waals surface area contributed by atoms with Crippen LogP contribution in [0.1, 0.15) is 88.0 Å². The number of fused-ring (bicyclic) bond motifs is 1. The second-order valence-electron chi connectivity index (χ2n) is 13.4. The van der Waals surface area contributed by atoms with E-state index in [9.17, 15) is 24.9 Å². The molecule has 0 spiro atoms. The van der Waals surface area contributed by atoms with Crippen LogP contribution in [0.3, 0.4) is 0 Å². The van der Waals surface area contributed by atoms with E-state index in [1.807, 2.05) is 13.0 Å². The van der Waals surface area contributed by atoms with E-state index in [2.05, 4.69) is 33.8 Å². The molecule has 1 heterocycles. The minimum atomic E-state index is -1.47. The second kappa shape index (κ2) is 13.7. The van der Waals surface area contributed by atoms with Crippen molar-refractivity contribution in [2.24, 2.45) is 22.7 Å². The first kappa shape index (κ1) is 34.5. The monoisotopic (exact) mass is 592 g/mol. The highest BCUT2D eigenvalue weighted by Crippen LogP contribution is 2.62. The Kier molecular flexibility index (Phi) is 11.3. The highest BCUT2D eigenvalue weighted by atomic mass is 16.7. The lowest BCUT2D eigenvalue weighted by Gasteiger charge is -2.61. The van der Waals surface area contributed by atoms with Crippen molar-refractivity contribution >= 4 is 11.9 Å². The molecule has 0 bridgehead atoms. The number of carbonyl (C=O) groups is 2. The van der Waals surface area contributed by atoms with Crippen molar-refractivity contribution in [2.75, 3.05) is 6.61 Å². The first-order chi connectivity index (χ1) is 19.5.